The lowest BCUT2D eigenvalue weighted by Gasteiger charge is -2.39. The SMILES string of the molecule is COC1CCC(COc2ncc(S(=O)(=O)NC(=O)c3ccc(N4CCN(CC5=C(c6ccc(Cl)cc6)CC(C)(C)CC5)CC4)cc3Oc3cnc4[nH]ccc4c3)cc2C(F)(F)F)CC1. The molecule has 340 valence electrons. The summed E-state index contributed by atoms with van der Waals surface area (Å²) in [5, 5.41) is 1.45. The second-order valence-electron chi connectivity index (χ2n) is 17.7. The molecule has 1 saturated carbocycles. The van der Waals surface area contributed by atoms with Crippen molar-refractivity contribution >= 4 is 49.8 Å². The first kappa shape index (κ1) is 45.4. The summed E-state index contributed by atoms with van der Waals surface area (Å²) < 4.78 is 89.3. The third-order valence-corrected chi connectivity index (χ3v) is 14.1. The highest BCUT2D eigenvalue weighted by Gasteiger charge is 2.38. The average molecular weight is 921 g/mol. The number of aromatic amines is 1. The molecule has 0 radical (unpaired) electrons. The van der Waals surface area contributed by atoms with Crippen molar-refractivity contribution in [1.29, 1.82) is 0 Å². The van der Waals surface area contributed by atoms with Gasteiger partial charge in [-0.2, -0.15) is 13.2 Å². The molecule has 3 aliphatic rings. The Balaban J connectivity index is 1.000. The number of anilines is 1. The predicted octanol–water partition coefficient (Wildman–Crippen LogP) is 9.91. The van der Waals surface area contributed by atoms with Crippen molar-refractivity contribution in [2.45, 2.75) is 76.0 Å². The van der Waals surface area contributed by atoms with Gasteiger partial charge in [0.2, 0.25) is 5.88 Å². The number of hydrogen-bond acceptors (Lipinski definition) is 10. The maximum absolute atomic E-state index is 14.3. The van der Waals surface area contributed by atoms with Gasteiger partial charge in [0.05, 0.1) is 30.7 Å². The fourth-order valence-electron chi connectivity index (χ4n) is 8.85. The van der Waals surface area contributed by atoms with Crippen LogP contribution in [0.3, 0.4) is 0 Å². The fourth-order valence-corrected chi connectivity index (χ4v) is 9.91. The number of halogens is 4. The van der Waals surface area contributed by atoms with E-state index in [2.05, 4.69) is 50.7 Å². The van der Waals surface area contributed by atoms with Gasteiger partial charge in [-0.25, -0.2) is 23.1 Å². The van der Waals surface area contributed by atoms with Gasteiger partial charge in [-0.15, -0.1) is 0 Å². The number of rotatable bonds is 13. The van der Waals surface area contributed by atoms with Gasteiger partial charge in [0, 0.05) is 68.2 Å². The molecule has 1 saturated heterocycles. The Labute approximate surface area is 376 Å². The Kier molecular flexibility index (Phi) is 13.3. The van der Waals surface area contributed by atoms with Crippen molar-refractivity contribution in [2.24, 2.45) is 11.3 Å². The van der Waals surface area contributed by atoms with Gasteiger partial charge in [-0.3, -0.25) is 9.69 Å². The van der Waals surface area contributed by atoms with Gasteiger partial charge < -0.3 is 24.1 Å². The summed E-state index contributed by atoms with van der Waals surface area (Å²) in [6.45, 7) is 8.37. The van der Waals surface area contributed by atoms with Gasteiger partial charge >= 0.3 is 6.18 Å². The first-order chi connectivity index (χ1) is 30.5. The second-order valence-corrected chi connectivity index (χ2v) is 19.8. The molecule has 0 atom stereocenters. The fraction of sp³-hybridized carbons (Fsp3) is 0.426. The molecule has 5 aromatic rings. The van der Waals surface area contributed by atoms with Gasteiger partial charge in [-0.1, -0.05) is 43.2 Å². The molecule has 1 aliphatic heterocycles. The monoisotopic (exact) mass is 920 g/mol. The molecule has 2 aromatic carbocycles. The summed E-state index contributed by atoms with van der Waals surface area (Å²) in [7, 11) is -3.24. The molecule has 0 spiro atoms. The molecule has 0 unspecified atom stereocenters. The normalized spacial score (nSPS) is 19.8. The van der Waals surface area contributed by atoms with E-state index in [1.54, 1.807) is 37.6 Å². The highest BCUT2D eigenvalue weighted by atomic mass is 35.5. The van der Waals surface area contributed by atoms with Gasteiger partial charge in [-0.05, 0) is 110 Å². The number of fused-ring (bicyclic) bond motifs is 1. The van der Waals surface area contributed by atoms with Gasteiger partial charge in [0.1, 0.15) is 27.6 Å². The first-order valence-corrected chi connectivity index (χ1v) is 23.4. The van der Waals surface area contributed by atoms with E-state index in [4.69, 9.17) is 25.8 Å². The minimum atomic E-state index is -4.99. The van der Waals surface area contributed by atoms with Crippen LogP contribution in [-0.2, 0) is 20.9 Å². The number of amides is 1. The number of ether oxygens (including phenoxy) is 3. The molecule has 17 heteroatoms. The molecule has 2 aliphatic carbocycles. The van der Waals surface area contributed by atoms with E-state index in [9.17, 15) is 26.4 Å². The molecule has 64 heavy (non-hydrogen) atoms. The number of carbonyl (C=O) groups is 1. The molecule has 8 rings (SSSR count). The van der Waals surface area contributed by atoms with Crippen molar-refractivity contribution in [1.82, 2.24) is 24.6 Å². The summed E-state index contributed by atoms with van der Waals surface area (Å²) >= 11 is 6.23. The average Bonchev–Trinajstić information content (AvgIpc) is 3.74. The Hall–Kier alpha value is -5.16. The molecule has 1 amide bonds. The van der Waals surface area contributed by atoms with Crippen molar-refractivity contribution in [3.63, 3.8) is 0 Å². The molecular formula is C47H52ClF3N6O6S. The number of H-pyrrole nitrogens is 1. The number of aromatic nitrogens is 3. The number of methoxy groups -OCH3 is 1. The molecule has 3 aromatic heterocycles. The topological polar surface area (TPSA) is 139 Å². The van der Waals surface area contributed by atoms with Crippen LogP contribution in [-0.4, -0.2) is 86.7 Å². The number of benzene rings is 2. The van der Waals surface area contributed by atoms with E-state index in [0.717, 1.165) is 69.0 Å². The van der Waals surface area contributed by atoms with Crippen LogP contribution in [0.5, 0.6) is 17.4 Å². The van der Waals surface area contributed by atoms with E-state index < -0.39 is 38.4 Å². The molecule has 0 bridgehead atoms. The summed E-state index contributed by atoms with van der Waals surface area (Å²) in [4.78, 5) is 28.8. The van der Waals surface area contributed by atoms with E-state index in [1.807, 2.05) is 16.9 Å². The number of nitrogens with one attached hydrogen (secondary N) is 2. The zero-order valence-corrected chi connectivity index (χ0v) is 37.6. The van der Waals surface area contributed by atoms with Crippen LogP contribution in [0.2, 0.25) is 5.02 Å². The Morgan fingerprint density at radius 1 is 0.969 bits per heavy atom. The Morgan fingerprint density at radius 3 is 2.44 bits per heavy atom. The third-order valence-electron chi connectivity index (χ3n) is 12.6. The minimum Gasteiger partial charge on any atom is -0.477 e. The lowest BCUT2D eigenvalue weighted by Crippen LogP contribution is -2.47. The van der Waals surface area contributed by atoms with E-state index in [-0.39, 0.29) is 41.1 Å². The Morgan fingerprint density at radius 2 is 1.72 bits per heavy atom. The number of sulfonamides is 1. The van der Waals surface area contributed by atoms with Crippen LogP contribution in [0, 0.1) is 11.3 Å². The lowest BCUT2D eigenvalue weighted by molar-refractivity contribution is -0.139. The molecule has 2 N–H and O–H groups in total. The summed E-state index contributed by atoms with van der Waals surface area (Å²) in [6.07, 6.45) is 5.13. The summed E-state index contributed by atoms with van der Waals surface area (Å²) in [5.74, 6) is -1.53. The number of piperazine rings is 1. The van der Waals surface area contributed by atoms with Gasteiger partial charge in [0.25, 0.3) is 15.9 Å². The van der Waals surface area contributed by atoms with Crippen molar-refractivity contribution in [2.75, 3.05) is 51.3 Å². The standard InChI is InChI=1S/C47H52ClF3N6O6S/c1-46(2)16-14-33(40(25-46)31-6-8-34(48)9-7-31)28-56-18-20-57(21-19-56)35-10-13-39(42(23-35)63-37-22-32-15-17-52-43(32)53-26-37)44(58)55-64(59,60)38-24-41(47(49,50)51)45(54-27-38)62-29-30-4-11-36(61-3)12-5-30/h6-10,13,15,17,22-24,26-27,30,36H,4-5,11-12,14,16,18-21,25,28-29H2,1-3H3,(H,52,53)(H,55,58). The number of pyridine rings is 2. The van der Waals surface area contributed by atoms with Crippen molar-refractivity contribution < 1.29 is 40.6 Å². The van der Waals surface area contributed by atoms with Crippen LogP contribution >= 0.6 is 11.6 Å². The predicted molar refractivity (Wildman–Crippen MR) is 239 cm³/mol. The molecule has 4 heterocycles. The van der Waals surface area contributed by atoms with Gasteiger partial charge in [0.15, 0.2) is 0 Å². The number of alkyl halides is 3. The van der Waals surface area contributed by atoms with E-state index >= 15 is 0 Å². The van der Waals surface area contributed by atoms with E-state index in [0.29, 0.717) is 42.7 Å². The largest absolute Gasteiger partial charge is 0.477 e. The summed E-state index contributed by atoms with van der Waals surface area (Å²) in [6, 6.07) is 16.9. The maximum atomic E-state index is 14.3. The smallest absolute Gasteiger partial charge is 0.421 e. The van der Waals surface area contributed by atoms with Crippen LogP contribution in [0.1, 0.15) is 80.3 Å². The zero-order chi connectivity index (χ0) is 45.2. The number of nitrogens with zero attached hydrogens (tertiary/aromatic N) is 4. The number of carbonyl (C=O) groups excluding carboxylic acids is 1. The Bertz CT molecular complexity index is 2620. The quantitative estimate of drug-likeness (QED) is 0.117. The number of hydrogen-bond donors (Lipinski definition) is 2. The molecule has 2 fully saturated rings. The first-order valence-electron chi connectivity index (χ1n) is 21.5. The lowest BCUT2D eigenvalue weighted by atomic mass is 9.72. The van der Waals surface area contributed by atoms with Crippen LogP contribution in [0.4, 0.5) is 18.9 Å². The van der Waals surface area contributed by atoms with E-state index in [1.165, 1.54) is 29.0 Å². The third kappa shape index (κ3) is 10.7. The highest BCUT2D eigenvalue weighted by Crippen LogP contribution is 2.44. The highest BCUT2D eigenvalue weighted by molar-refractivity contribution is 7.90. The molecule has 12 nitrogen and oxygen atoms in total. The summed E-state index contributed by atoms with van der Waals surface area (Å²) in [5.41, 5.74) is 4.07. The van der Waals surface area contributed by atoms with Crippen molar-refractivity contribution in [3.8, 4) is 17.4 Å². The van der Waals surface area contributed by atoms with Crippen LogP contribution in [0.25, 0.3) is 16.6 Å². The van der Waals surface area contributed by atoms with Crippen molar-refractivity contribution in [3.05, 3.63) is 107 Å². The maximum Gasteiger partial charge on any atom is 0.421 e. The zero-order valence-electron chi connectivity index (χ0n) is 36.0. The number of allylic oxidation sites excluding steroid dienone is 1. The van der Waals surface area contributed by atoms with Crippen LogP contribution < -0.4 is 19.1 Å². The van der Waals surface area contributed by atoms with Crippen LogP contribution in [0.15, 0.2) is 89.7 Å². The molecular weight excluding hydrogens is 869 g/mol. The minimum absolute atomic E-state index is 0.00271. The second kappa shape index (κ2) is 18.7.